The van der Waals surface area contributed by atoms with Crippen molar-refractivity contribution in [2.24, 2.45) is 0 Å². The standard InChI is InChI=1S/C13H24N4O/c1-4-17-9-11(8-14-17)13(18)7-12-10-15(2)5-6-16(12)3/h8-9,12-13,18H,4-7,10H2,1-3H3. The van der Waals surface area contributed by atoms with Crippen molar-refractivity contribution in [3.63, 3.8) is 0 Å². The van der Waals surface area contributed by atoms with E-state index in [-0.39, 0.29) is 0 Å². The Morgan fingerprint density at radius 3 is 2.89 bits per heavy atom. The van der Waals surface area contributed by atoms with Crippen molar-refractivity contribution in [2.75, 3.05) is 33.7 Å². The molecule has 1 aliphatic heterocycles. The molecule has 1 fully saturated rings. The molecule has 0 aromatic carbocycles. The van der Waals surface area contributed by atoms with Gasteiger partial charge in [-0.15, -0.1) is 0 Å². The van der Waals surface area contributed by atoms with Crippen LogP contribution in [0.25, 0.3) is 0 Å². The van der Waals surface area contributed by atoms with Gasteiger partial charge in [0.15, 0.2) is 0 Å². The molecule has 2 unspecified atom stereocenters. The first-order valence-electron chi connectivity index (χ1n) is 6.69. The molecule has 18 heavy (non-hydrogen) atoms. The third-order valence-corrected chi connectivity index (χ3v) is 3.84. The zero-order valence-corrected chi connectivity index (χ0v) is 11.6. The van der Waals surface area contributed by atoms with Gasteiger partial charge in [0.1, 0.15) is 0 Å². The van der Waals surface area contributed by atoms with Crippen molar-refractivity contribution in [1.82, 2.24) is 19.6 Å². The van der Waals surface area contributed by atoms with Gasteiger partial charge in [-0.25, -0.2) is 0 Å². The van der Waals surface area contributed by atoms with E-state index in [9.17, 15) is 5.11 Å². The van der Waals surface area contributed by atoms with Crippen molar-refractivity contribution in [2.45, 2.75) is 32.0 Å². The van der Waals surface area contributed by atoms with Gasteiger partial charge in [0.05, 0.1) is 12.3 Å². The fraction of sp³-hybridized carbons (Fsp3) is 0.769. The van der Waals surface area contributed by atoms with Gasteiger partial charge in [0, 0.05) is 44.0 Å². The molecule has 0 spiro atoms. The molecule has 2 atom stereocenters. The van der Waals surface area contributed by atoms with Crippen LogP contribution in [0.3, 0.4) is 0 Å². The second-order valence-electron chi connectivity index (χ2n) is 5.28. The second kappa shape index (κ2) is 5.82. The quantitative estimate of drug-likeness (QED) is 0.851. The van der Waals surface area contributed by atoms with Crippen LogP contribution < -0.4 is 0 Å². The minimum atomic E-state index is -0.413. The van der Waals surface area contributed by atoms with Crippen LogP contribution in [0.1, 0.15) is 25.0 Å². The van der Waals surface area contributed by atoms with Crippen LogP contribution in [-0.4, -0.2) is 64.5 Å². The molecule has 102 valence electrons. The highest BCUT2D eigenvalue weighted by atomic mass is 16.3. The van der Waals surface area contributed by atoms with Crippen molar-refractivity contribution in [3.8, 4) is 0 Å². The van der Waals surface area contributed by atoms with Gasteiger partial charge in [-0.2, -0.15) is 5.10 Å². The lowest BCUT2D eigenvalue weighted by atomic mass is 10.0. The predicted molar refractivity (Wildman–Crippen MR) is 71.4 cm³/mol. The molecule has 1 aromatic heterocycles. The summed E-state index contributed by atoms with van der Waals surface area (Å²) < 4.78 is 1.86. The Labute approximate surface area is 109 Å². The predicted octanol–water partition coefficient (Wildman–Crippen LogP) is 0.572. The topological polar surface area (TPSA) is 44.5 Å². The summed E-state index contributed by atoms with van der Waals surface area (Å²) >= 11 is 0. The lowest BCUT2D eigenvalue weighted by Crippen LogP contribution is -2.50. The molecule has 0 aliphatic carbocycles. The molecule has 0 amide bonds. The highest BCUT2D eigenvalue weighted by Crippen LogP contribution is 2.21. The average molecular weight is 252 g/mol. The molecule has 1 saturated heterocycles. The fourth-order valence-corrected chi connectivity index (χ4v) is 2.47. The van der Waals surface area contributed by atoms with E-state index in [4.69, 9.17) is 0 Å². The van der Waals surface area contributed by atoms with Crippen molar-refractivity contribution in [3.05, 3.63) is 18.0 Å². The molecule has 5 nitrogen and oxygen atoms in total. The largest absolute Gasteiger partial charge is 0.388 e. The number of hydrogen-bond acceptors (Lipinski definition) is 4. The Bertz CT molecular complexity index is 379. The summed E-state index contributed by atoms with van der Waals surface area (Å²) in [5, 5.41) is 14.5. The van der Waals surface area contributed by atoms with Crippen LogP contribution in [0.15, 0.2) is 12.4 Å². The Balaban J connectivity index is 1.95. The first kappa shape index (κ1) is 13.5. The van der Waals surface area contributed by atoms with Gasteiger partial charge >= 0.3 is 0 Å². The number of piperazine rings is 1. The summed E-state index contributed by atoms with van der Waals surface area (Å²) in [6.45, 7) is 6.10. The zero-order valence-electron chi connectivity index (χ0n) is 11.6. The number of aryl methyl sites for hydroxylation is 1. The first-order chi connectivity index (χ1) is 8.60. The fourth-order valence-electron chi connectivity index (χ4n) is 2.47. The maximum absolute atomic E-state index is 10.3. The summed E-state index contributed by atoms with van der Waals surface area (Å²) in [5.41, 5.74) is 0.929. The number of hydrogen-bond donors (Lipinski definition) is 1. The molecule has 0 bridgehead atoms. The first-order valence-corrected chi connectivity index (χ1v) is 6.69. The number of aliphatic hydroxyl groups is 1. The monoisotopic (exact) mass is 252 g/mol. The third-order valence-electron chi connectivity index (χ3n) is 3.84. The molecule has 1 N–H and O–H groups in total. The van der Waals surface area contributed by atoms with E-state index in [1.54, 1.807) is 6.20 Å². The van der Waals surface area contributed by atoms with Gasteiger partial charge in [0.2, 0.25) is 0 Å². The molecular weight excluding hydrogens is 228 g/mol. The van der Waals surface area contributed by atoms with Crippen molar-refractivity contribution >= 4 is 0 Å². The van der Waals surface area contributed by atoms with E-state index >= 15 is 0 Å². The van der Waals surface area contributed by atoms with Gasteiger partial charge in [-0.3, -0.25) is 4.68 Å². The average Bonchev–Trinajstić information content (AvgIpc) is 2.82. The number of nitrogens with zero attached hydrogens (tertiary/aromatic N) is 4. The maximum Gasteiger partial charge on any atom is 0.0835 e. The van der Waals surface area contributed by atoms with Crippen LogP contribution >= 0.6 is 0 Å². The maximum atomic E-state index is 10.3. The minimum absolute atomic E-state index is 0.413. The number of rotatable bonds is 4. The van der Waals surface area contributed by atoms with Crippen LogP contribution in [0, 0.1) is 0 Å². The molecule has 2 rings (SSSR count). The normalized spacial score (nSPS) is 24.3. The lowest BCUT2D eigenvalue weighted by Gasteiger charge is -2.38. The molecular formula is C13H24N4O. The minimum Gasteiger partial charge on any atom is -0.388 e. The van der Waals surface area contributed by atoms with E-state index in [1.807, 2.05) is 17.8 Å². The second-order valence-corrected chi connectivity index (χ2v) is 5.28. The van der Waals surface area contributed by atoms with Crippen LogP contribution in [0.4, 0.5) is 0 Å². The van der Waals surface area contributed by atoms with Crippen LogP contribution in [0.2, 0.25) is 0 Å². The molecule has 5 heteroatoms. The summed E-state index contributed by atoms with van der Waals surface area (Å²) in [6, 6.07) is 0.420. The highest BCUT2D eigenvalue weighted by molar-refractivity contribution is 5.08. The smallest absolute Gasteiger partial charge is 0.0835 e. The SMILES string of the molecule is CCn1cc(C(O)CC2CN(C)CCN2C)cn1. The van der Waals surface area contributed by atoms with E-state index in [0.717, 1.165) is 38.2 Å². The van der Waals surface area contributed by atoms with Crippen LogP contribution in [0.5, 0.6) is 0 Å². The number of aliphatic hydroxyl groups excluding tert-OH is 1. The van der Waals surface area contributed by atoms with E-state index in [1.165, 1.54) is 0 Å². The summed E-state index contributed by atoms with van der Waals surface area (Å²) in [7, 11) is 4.28. The van der Waals surface area contributed by atoms with Crippen LogP contribution in [-0.2, 0) is 6.54 Å². The number of aromatic nitrogens is 2. The zero-order chi connectivity index (χ0) is 13.1. The molecule has 0 radical (unpaired) electrons. The summed E-state index contributed by atoms with van der Waals surface area (Å²) in [5.74, 6) is 0. The van der Waals surface area contributed by atoms with E-state index in [2.05, 4.69) is 29.0 Å². The Kier molecular flexibility index (Phi) is 4.37. The molecule has 1 aliphatic rings. The third kappa shape index (κ3) is 3.10. The Morgan fingerprint density at radius 2 is 2.22 bits per heavy atom. The van der Waals surface area contributed by atoms with Crippen molar-refractivity contribution in [1.29, 1.82) is 0 Å². The molecule has 2 heterocycles. The Hall–Kier alpha value is -0.910. The van der Waals surface area contributed by atoms with Gasteiger partial charge in [-0.05, 0) is 27.4 Å². The van der Waals surface area contributed by atoms with Gasteiger partial charge in [-0.1, -0.05) is 0 Å². The van der Waals surface area contributed by atoms with Gasteiger partial charge in [0.25, 0.3) is 0 Å². The summed E-state index contributed by atoms with van der Waals surface area (Å²) in [4.78, 5) is 4.67. The molecule has 0 saturated carbocycles. The van der Waals surface area contributed by atoms with E-state index in [0.29, 0.717) is 6.04 Å². The lowest BCUT2D eigenvalue weighted by molar-refractivity contribution is 0.0634. The Morgan fingerprint density at radius 1 is 1.44 bits per heavy atom. The number of likely N-dealkylation sites (N-methyl/N-ethyl adjacent to an activating group) is 2. The van der Waals surface area contributed by atoms with Crippen molar-refractivity contribution < 1.29 is 5.11 Å². The molecule has 1 aromatic rings. The van der Waals surface area contributed by atoms with Gasteiger partial charge < -0.3 is 14.9 Å². The highest BCUT2D eigenvalue weighted by Gasteiger charge is 2.25. The van der Waals surface area contributed by atoms with E-state index < -0.39 is 6.10 Å². The summed E-state index contributed by atoms with van der Waals surface area (Å²) in [6.07, 6.45) is 4.08.